The van der Waals surface area contributed by atoms with Gasteiger partial charge in [-0.05, 0) is 31.7 Å². The molecule has 1 aromatic carbocycles. The number of thioether (sulfide) groups is 1. The number of benzene rings is 1. The second-order valence-corrected chi connectivity index (χ2v) is 6.21. The van der Waals surface area contributed by atoms with E-state index in [2.05, 4.69) is 10.3 Å². The number of nitrogens with one attached hydrogen (secondary N) is 1. The first kappa shape index (κ1) is 17.6. The zero-order valence-corrected chi connectivity index (χ0v) is 14.2. The summed E-state index contributed by atoms with van der Waals surface area (Å²) < 4.78 is 5.67. The fourth-order valence-electron chi connectivity index (χ4n) is 2.28. The third kappa shape index (κ3) is 5.11. The van der Waals surface area contributed by atoms with Crippen LogP contribution in [0.5, 0.6) is 0 Å². The molecule has 0 aliphatic carbocycles. The van der Waals surface area contributed by atoms with Crippen LogP contribution in [0.2, 0.25) is 0 Å². The Balaban J connectivity index is 2.02. The molecule has 2 N–H and O–H groups in total. The summed E-state index contributed by atoms with van der Waals surface area (Å²) in [6.45, 7) is 1.88. The number of amides is 1. The molecule has 5 nitrogen and oxygen atoms in total. The molecule has 1 amide bonds. The summed E-state index contributed by atoms with van der Waals surface area (Å²) in [6, 6.07) is 9.59. The predicted octanol–water partition coefficient (Wildman–Crippen LogP) is 2.42. The molecule has 0 aliphatic heterocycles. The van der Waals surface area contributed by atoms with Crippen molar-refractivity contribution < 1.29 is 14.3 Å². The lowest BCUT2D eigenvalue weighted by Crippen LogP contribution is -2.38. The van der Waals surface area contributed by atoms with E-state index in [9.17, 15) is 4.79 Å². The number of aliphatic hydroxyl groups is 1. The van der Waals surface area contributed by atoms with Gasteiger partial charge in [0, 0.05) is 24.0 Å². The average Bonchev–Trinajstić information content (AvgIpc) is 2.89. The first-order chi connectivity index (χ1) is 11.1. The van der Waals surface area contributed by atoms with Crippen LogP contribution in [-0.2, 0) is 11.2 Å². The van der Waals surface area contributed by atoms with Crippen molar-refractivity contribution in [1.29, 1.82) is 0 Å². The second-order valence-electron chi connectivity index (χ2n) is 5.30. The van der Waals surface area contributed by atoms with Crippen LogP contribution in [0.3, 0.4) is 0 Å². The maximum Gasteiger partial charge on any atom is 0.226 e. The molecule has 23 heavy (non-hydrogen) atoms. The number of aliphatic hydroxyl groups excluding tert-OH is 1. The van der Waals surface area contributed by atoms with E-state index in [1.807, 2.05) is 43.5 Å². The topological polar surface area (TPSA) is 75.4 Å². The number of oxazole rings is 1. The normalized spacial score (nSPS) is 12.1. The minimum Gasteiger partial charge on any atom is -0.441 e. The van der Waals surface area contributed by atoms with E-state index < -0.39 is 0 Å². The Hall–Kier alpha value is -1.79. The number of rotatable bonds is 8. The minimum absolute atomic E-state index is 0.0247. The van der Waals surface area contributed by atoms with Gasteiger partial charge in [0.15, 0.2) is 0 Å². The summed E-state index contributed by atoms with van der Waals surface area (Å²) in [7, 11) is 0. The Kier molecular flexibility index (Phi) is 6.67. The molecule has 0 radical (unpaired) electrons. The smallest absolute Gasteiger partial charge is 0.226 e. The van der Waals surface area contributed by atoms with Crippen LogP contribution in [0.15, 0.2) is 34.7 Å². The van der Waals surface area contributed by atoms with E-state index in [4.69, 9.17) is 9.52 Å². The Morgan fingerprint density at radius 2 is 2.13 bits per heavy atom. The molecule has 1 heterocycles. The van der Waals surface area contributed by atoms with Crippen molar-refractivity contribution in [1.82, 2.24) is 10.3 Å². The standard InChI is InChI=1S/C17H22N2O3S/c1-12-15(10-16(21)18-14(8-9-20)11-23-2)19-17(22-12)13-6-4-3-5-7-13/h3-7,14,20H,8-11H2,1-2H3,(H,18,21). The van der Waals surface area contributed by atoms with Crippen LogP contribution in [0.25, 0.3) is 11.5 Å². The zero-order valence-electron chi connectivity index (χ0n) is 13.4. The maximum absolute atomic E-state index is 12.2. The van der Waals surface area contributed by atoms with Crippen LogP contribution < -0.4 is 5.32 Å². The largest absolute Gasteiger partial charge is 0.441 e. The summed E-state index contributed by atoms with van der Waals surface area (Å²) in [4.78, 5) is 16.6. The molecular weight excluding hydrogens is 312 g/mol. The first-order valence-electron chi connectivity index (χ1n) is 7.55. The Morgan fingerprint density at radius 1 is 1.39 bits per heavy atom. The number of nitrogens with zero attached hydrogens (tertiary/aromatic N) is 1. The number of hydrogen-bond acceptors (Lipinski definition) is 5. The molecule has 124 valence electrons. The highest BCUT2D eigenvalue weighted by atomic mass is 32.2. The van der Waals surface area contributed by atoms with Gasteiger partial charge in [-0.1, -0.05) is 18.2 Å². The van der Waals surface area contributed by atoms with Crippen LogP contribution in [-0.4, -0.2) is 40.7 Å². The van der Waals surface area contributed by atoms with Gasteiger partial charge >= 0.3 is 0 Å². The lowest BCUT2D eigenvalue weighted by atomic mass is 10.2. The average molecular weight is 334 g/mol. The number of aryl methyl sites for hydroxylation is 1. The molecule has 2 rings (SSSR count). The summed E-state index contributed by atoms with van der Waals surface area (Å²) in [5.74, 6) is 1.86. The van der Waals surface area contributed by atoms with Crippen LogP contribution in [0, 0.1) is 6.92 Å². The summed E-state index contributed by atoms with van der Waals surface area (Å²) in [6.07, 6.45) is 2.71. The van der Waals surface area contributed by atoms with Crippen molar-refractivity contribution in [2.75, 3.05) is 18.6 Å². The van der Waals surface area contributed by atoms with E-state index in [-0.39, 0.29) is 25.0 Å². The molecule has 0 saturated heterocycles. The van der Waals surface area contributed by atoms with E-state index >= 15 is 0 Å². The molecule has 1 unspecified atom stereocenters. The molecule has 0 spiro atoms. The maximum atomic E-state index is 12.2. The Morgan fingerprint density at radius 3 is 2.78 bits per heavy atom. The highest BCUT2D eigenvalue weighted by Crippen LogP contribution is 2.21. The van der Waals surface area contributed by atoms with Gasteiger partial charge < -0.3 is 14.8 Å². The summed E-state index contributed by atoms with van der Waals surface area (Å²) >= 11 is 1.64. The Labute approximate surface area is 140 Å². The fraction of sp³-hybridized carbons (Fsp3) is 0.412. The number of carbonyl (C=O) groups excluding carboxylic acids is 1. The summed E-state index contributed by atoms with van der Waals surface area (Å²) in [5.41, 5.74) is 1.54. The van der Waals surface area contributed by atoms with Gasteiger partial charge in [0.2, 0.25) is 11.8 Å². The van der Waals surface area contributed by atoms with Gasteiger partial charge in [0.05, 0.1) is 12.1 Å². The van der Waals surface area contributed by atoms with Gasteiger partial charge in [0.25, 0.3) is 0 Å². The van der Waals surface area contributed by atoms with E-state index in [0.29, 0.717) is 23.8 Å². The molecule has 0 fully saturated rings. The van der Waals surface area contributed by atoms with Crippen molar-refractivity contribution in [3.05, 3.63) is 41.8 Å². The van der Waals surface area contributed by atoms with E-state index in [1.54, 1.807) is 11.8 Å². The molecular formula is C17H22N2O3S. The van der Waals surface area contributed by atoms with Crippen LogP contribution in [0.4, 0.5) is 0 Å². The molecule has 0 bridgehead atoms. The molecule has 0 aliphatic rings. The van der Waals surface area contributed by atoms with E-state index in [0.717, 1.165) is 11.3 Å². The van der Waals surface area contributed by atoms with Crippen molar-refractivity contribution in [2.45, 2.75) is 25.8 Å². The molecule has 2 aromatic rings. The quantitative estimate of drug-likeness (QED) is 0.775. The molecule has 0 saturated carbocycles. The highest BCUT2D eigenvalue weighted by Gasteiger charge is 2.17. The lowest BCUT2D eigenvalue weighted by Gasteiger charge is -2.16. The van der Waals surface area contributed by atoms with Crippen LogP contribution >= 0.6 is 11.8 Å². The van der Waals surface area contributed by atoms with Crippen LogP contribution in [0.1, 0.15) is 17.9 Å². The predicted molar refractivity (Wildman–Crippen MR) is 92.4 cm³/mol. The van der Waals surface area contributed by atoms with Crippen molar-refractivity contribution in [3.8, 4) is 11.5 Å². The number of carbonyl (C=O) groups is 1. The molecule has 1 atom stereocenters. The first-order valence-corrected chi connectivity index (χ1v) is 8.94. The number of aromatic nitrogens is 1. The highest BCUT2D eigenvalue weighted by molar-refractivity contribution is 7.98. The van der Waals surface area contributed by atoms with Crippen molar-refractivity contribution in [2.24, 2.45) is 0 Å². The van der Waals surface area contributed by atoms with Gasteiger partial charge in [-0.25, -0.2) is 4.98 Å². The van der Waals surface area contributed by atoms with Gasteiger partial charge in [-0.15, -0.1) is 0 Å². The molecule has 1 aromatic heterocycles. The fourth-order valence-corrected chi connectivity index (χ4v) is 2.93. The summed E-state index contributed by atoms with van der Waals surface area (Å²) in [5, 5.41) is 12.0. The van der Waals surface area contributed by atoms with Gasteiger partial charge in [0.1, 0.15) is 5.76 Å². The second kappa shape index (κ2) is 8.74. The SMILES string of the molecule is CSCC(CCO)NC(=O)Cc1nc(-c2ccccc2)oc1C. The zero-order chi connectivity index (χ0) is 16.7. The third-order valence-corrected chi connectivity index (χ3v) is 4.19. The third-order valence-electron chi connectivity index (χ3n) is 3.45. The lowest BCUT2D eigenvalue weighted by molar-refractivity contribution is -0.121. The Bertz CT molecular complexity index is 622. The van der Waals surface area contributed by atoms with Gasteiger partial charge in [-0.2, -0.15) is 11.8 Å². The van der Waals surface area contributed by atoms with Gasteiger partial charge in [-0.3, -0.25) is 4.79 Å². The van der Waals surface area contributed by atoms with Crippen molar-refractivity contribution >= 4 is 17.7 Å². The van der Waals surface area contributed by atoms with Crippen molar-refractivity contribution in [3.63, 3.8) is 0 Å². The van der Waals surface area contributed by atoms with E-state index in [1.165, 1.54) is 0 Å². The minimum atomic E-state index is -0.103. The number of hydrogen-bond donors (Lipinski definition) is 2. The molecule has 6 heteroatoms. The monoisotopic (exact) mass is 334 g/mol.